The van der Waals surface area contributed by atoms with Crippen LogP contribution in [-0.4, -0.2) is 35.0 Å². The molecule has 30 heavy (non-hydrogen) atoms. The molecule has 1 heterocycles. The second-order valence-corrected chi connectivity index (χ2v) is 8.67. The Morgan fingerprint density at radius 1 is 1.00 bits per heavy atom. The van der Waals surface area contributed by atoms with Gasteiger partial charge in [-0.15, -0.1) is 0 Å². The summed E-state index contributed by atoms with van der Waals surface area (Å²) in [5, 5.41) is 0. The van der Waals surface area contributed by atoms with Crippen LogP contribution in [0, 0.1) is 0 Å². The largest absolute Gasteiger partial charge is 0.497 e. The highest BCUT2D eigenvalue weighted by Gasteiger charge is 2.36. The number of carbonyl (C=O) groups is 1. The zero-order valence-electron chi connectivity index (χ0n) is 18.4. The number of methoxy groups -OCH3 is 1. The van der Waals surface area contributed by atoms with Gasteiger partial charge in [0.15, 0.2) is 0 Å². The summed E-state index contributed by atoms with van der Waals surface area (Å²) >= 11 is 0. The topological polar surface area (TPSA) is 55.6 Å². The highest BCUT2D eigenvalue weighted by molar-refractivity contribution is 5.93. The minimum atomic E-state index is 0.0536. The molecule has 0 saturated heterocycles. The predicted molar refractivity (Wildman–Crippen MR) is 118 cm³/mol. The van der Waals surface area contributed by atoms with E-state index in [2.05, 4.69) is 4.90 Å². The Balaban J connectivity index is 1.65. The lowest BCUT2D eigenvalue weighted by Crippen LogP contribution is -2.48. The molecule has 2 saturated carbocycles. The van der Waals surface area contributed by atoms with E-state index in [9.17, 15) is 4.79 Å². The molecule has 2 aromatic rings. The third-order valence-electron chi connectivity index (χ3n) is 6.73. The van der Waals surface area contributed by atoms with Crippen molar-refractivity contribution in [1.29, 1.82) is 0 Å². The summed E-state index contributed by atoms with van der Waals surface area (Å²) in [6, 6.07) is 8.32. The van der Waals surface area contributed by atoms with Gasteiger partial charge in [0.2, 0.25) is 11.7 Å². The minimum absolute atomic E-state index is 0.0536. The molecule has 2 fully saturated rings. The second-order valence-electron chi connectivity index (χ2n) is 8.67. The zero-order valence-corrected chi connectivity index (χ0v) is 18.4. The van der Waals surface area contributed by atoms with Crippen LogP contribution >= 0.6 is 0 Å². The Bertz CT molecular complexity index is 813. The van der Waals surface area contributed by atoms with Gasteiger partial charge >= 0.3 is 0 Å². The molecule has 0 atom stereocenters. The number of benzene rings is 1. The van der Waals surface area contributed by atoms with E-state index in [0.29, 0.717) is 30.2 Å². The quantitative estimate of drug-likeness (QED) is 0.584. The fourth-order valence-electron chi connectivity index (χ4n) is 5.08. The lowest BCUT2D eigenvalue weighted by Gasteiger charge is -2.41. The van der Waals surface area contributed by atoms with Gasteiger partial charge in [0.25, 0.3) is 5.91 Å². The molecule has 1 aromatic carbocycles. The van der Waals surface area contributed by atoms with Crippen molar-refractivity contribution in [2.75, 3.05) is 7.11 Å². The first kappa shape index (κ1) is 21.0. The Morgan fingerprint density at radius 3 is 2.07 bits per heavy atom. The van der Waals surface area contributed by atoms with Crippen LogP contribution in [0.15, 0.2) is 28.7 Å². The third-order valence-corrected chi connectivity index (χ3v) is 6.73. The van der Waals surface area contributed by atoms with E-state index < -0.39 is 0 Å². The van der Waals surface area contributed by atoms with Crippen molar-refractivity contribution in [3.05, 3.63) is 35.7 Å². The van der Waals surface area contributed by atoms with E-state index in [4.69, 9.17) is 14.1 Å². The van der Waals surface area contributed by atoms with Crippen LogP contribution in [0.3, 0.4) is 0 Å². The minimum Gasteiger partial charge on any atom is -0.497 e. The molecule has 0 unspecified atom stereocenters. The lowest BCUT2D eigenvalue weighted by atomic mass is 9.88. The van der Waals surface area contributed by atoms with Gasteiger partial charge in [-0.05, 0) is 56.4 Å². The molecular weight excluding hydrogens is 376 g/mol. The highest BCUT2D eigenvalue weighted by Crippen LogP contribution is 2.33. The number of ether oxygens (including phenoxy) is 1. The van der Waals surface area contributed by atoms with E-state index in [1.54, 1.807) is 7.11 Å². The first-order chi connectivity index (χ1) is 14.7. The van der Waals surface area contributed by atoms with Gasteiger partial charge in [0, 0.05) is 17.6 Å². The van der Waals surface area contributed by atoms with E-state index in [0.717, 1.165) is 42.7 Å². The summed E-state index contributed by atoms with van der Waals surface area (Å²) in [4.78, 5) is 20.7. The number of aromatic nitrogens is 1. The summed E-state index contributed by atoms with van der Waals surface area (Å²) in [5.74, 6) is 1.81. The number of rotatable bonds is 6. The summed E-state index contributed by atoms with van der Waals surface area (Å²) in [5.41, 5.74) is 1.63. The monoisotopic (exact) mass is 410 g/mol. The SMILES string of the molecule is CCc1nc(-c2ccc(OC)cc2)oc1C(=O)N(C1CCCCC1)C1CCCCC1. The van der Waals surface area contributed by atoms with Crippen molar-refractivity contribution in [3.8, 4) is 17.2 Å². The number of hydrogen-bond donors (Lipinski definition) is 0. The number of oxazole rings is 1. The van der Waals surface area contributed by atoms with Crippen LogP contribution in [0.2, 0.25) is 0 Å². The molecule has 1 amide bonds. The maximum absolute atomic E-state index is 13.8. The Morgan fingerprint density at radius 2 is 1.57 bits per heavy atom. The van der Waals surface area contributed by atoms with Gasteiger partial charge in [0.05, 0.1) is 12.8 Å². The predicted octanol–water partition coefficient (Wildman–Crippen LogP) is 6.02. The van der Waals surface area contributed by atoms with Crippen LogP contribution in [0.5, 0.6) is 5.75 Å². The maximum Gasteiger partial charge on any atom is 0.292 e. The molecule has 4 rings (SSSR count). The summed E-state index contributed by atoms with van der Waals surface area (Å²) < 4.78 is 11.4. The maximum atomic E-state index is 13.8. The molecule has 1 aromatic heterocycles. The van der Waals surface area contributed by atoms with Crippen LogP contribution in [0.1, 0.15) is 87.4 Å². The number of aryl methyl sites for hydroxylation is 1. The molecule has 5 nitrogen and oxygen atoms in total. The van der Waals surface area contributed by atoms with Crippen LogP contribution < -0.4 is 4.74 Å². The molecular formula is C25H34N2O3. The summed E-state index contributed by atoms with van der Waals surface area (Å²) in [6.45, 7) is 2.04. The molecule has 0 radical (unpaired) electrons. The summed E-state index contributed by atoms with van der Waals surface area (Å²) in [7, 11) is 1.65. The normalized spacial score (nSPS) is 18.3. The van der Waals surface area contributed by atoms with Crippen molar-refractivity contribution < 1.29 is 13.9 Å². The highest BCUT2D eigenvalue weighted by atomic mass is 16.5. The Labute approximate surface area is 179 Å². The average molecular weight is 411 g/mol. The van der Waals surface area contributed by atoms with Crippen molar-refractivity contribution in [2.45, 2.75) is 89.6 Å². The molecule has 0 aliphatic heterocycles. The van der Waals surface area contributed by atoms with Crippen molar-refractivity contribution in [2.24, 2.45) is 0 Å². The van der Waals surface area contributed by atoms with Crippen LogP contribution in [0.25, 0.3) is 11.5 Å². The molecule has 0 spiro atoms. The van der Waals surface area contributed by atoms with Crippen molar-refractivity contribution >= 4 is 5.91 Å². The standard InChI is InChI=1S/C25H34N2O3/c1-3-22-23(30-24(26-22)18-14-16-21(29-2)17-15-18)25(28)27(19-10-6-4-7-11-19)20-12-8-5-9-13-20/h14-17,19-20H,3-13H2,1-2H3. The number of carbonyl (C=O) groups excluding carboxylic acids is 1. The van der Waals surface area contributed by atoms with Gasteiger partial charge in [-0.2, -0.15) is 0 Å². The Hall–Kier alpha value is -2.30. The zero-order chi connectivity index (χ0) is 20.9. The lowest BCUT2D eigenvalue weighted by molar-refractivity contribution is 0.0417. The molecule has 162 valence electrons. The fourth-order valence-corrected chi connectivity index (χ4v) is 5.08. The van der Waals surface area contributed by atoms with Gasteiger partial charge in [-0.3, -0.25) is 4.79 Å². The average Bonchev–Trinajstić information content (AvgIpc) is 3.25. The number of nitrogens with zero attached hydrogens (tertiary/aromatic N) is 2. The van der Waals surface area contributed by atoms with Crippen molar-refractivity contribution in [3.63, 3.8) is 0 Å². The van der Waals surface area contributed by atoms with E-state index >= 15 is 0 Å². The van der Waals surface area contributed by atoms with Crippen molar-refractivity contribution in [1.82, 2.24) is 9.88 Å². The van der Waals surface area contributed by atoms with Gasteiger partial charge in [0.1, 0.15) is 5.75 Å². The number of amides is 1. The van der Waals surface area contributed by atoms with E-state index in [1.165, 1.54) is 38.5 Å². The molecule has 5 heteroatoms. The fraction of sp³-hybridized carbons (Fsp3) is 0.600. The van der Waals surface area contributed by atoms with Crippen LogP contribution in [0.4, 0.5) is 0 Å². The number of hydrogen-bond acceptors (Lipinski definition) is 4. The molecule has 2 aliphatic carbocycles. The smallest absolute Gasteiger partial charge is 0.292 e. The van der Waals surface area contributed by atoms with E-state index in [-0.39, 0.29) is 5.91 Å². The first-order valence-electron chi connectivity index (χ1n) is 11.7. The third kappa shape index (κ3) is 4.40. The van der Waals surface area contributed by atoms with Gasteiger partial charge < -0.3 is 14.1 Å². The molecule has 2 aliphatic rings. The summed E-state index contributed by atoms with van der Waals surface area (Å²) in [6.07, 6.45) is 12.6. The first-order valence-corrected chi connectivity index (χ1v) is 11.7. The van der Waals surface area contributed by atoms with Gasteiger partial charge in [-0.1, -0.05) is 45.4 Å². The second kappa shape index (κ2) is 9.67. The Kier molecular flexibility index (Phi) is 6.76. The van der Waals surface area contributed by atoms with Gasteiger partial charge in [-0.25, -0.2) is 4.98 Å². The molecule has 0 N–H and O–H groups in total. The van der Waals surface area contributed by atoms with E-state index in [1.807, 2.05) is 31.2 Å². The van der Waals surface area contributed by atoms with Crippen LogP contribution in [-0.2, 0) is 6.42 Å². The molecule has 0 bridgehead atoms.